The molecule has 146 valence electrons. The van der Waals surface area contributed by atoms with Crippen molar-refractivity contribution >= 4 is 22.1 Å². The summed E-state index contributed by atoms with van der Waals surface area (Å²) in [6, 6.07) is 18.4. The van der Waals surface area contributed by atoms with Crippen molar-refractivity contribution < 1.29 is 0 Å². The first-order valence-electron chi connectivity index (χ1n) is 10.1. The molecule has 5 aromatic rings. The number of hydrogen-bond donors (Lipinski definition) is 1. The molecule has 6 heteroatoms. The van der Waals surface area contributed by atoms with Crippen LogP contribution in [0.4, 0.5) is 0 Å². The van der Waals surface area contributed by atoms with E-state index >= 15 is 0 Å². The highest BCUT2D eigenvalue weighted by molar-refractivity contribution is 5.81. The van der Waals surface area contributed by atoms with Crippen LogP contribution in [0.15, 0.2) is 54.6 Å². The van der Waals surface area contributed by atoms with Gasteiger partial charge in [0.15, 0.2) is 0 Å². The van der Waals surface area contributed by atoms with Crippen LogP contribution in [-0.2, 0) is 0 Å². The lowest BCUT2D eigenvalue weighted by atomic mass is 10.1. The molecule has 0 aliphatic heterocycles. The first-order valence-corrected chi connectivity index (χ1v) is 10.1. The zero-order valence-electron chi connectivity index (χ0n) is 17.1. The van der Waals surface area contributed by atoms with Gasteiger partial charge >= 0.3 is 0 Å². The lowest BCUT2D eigenvalue weighted by Gasteiger charge is -2.11. The Morgan fingerprint density at radius 3 is 2.28 bits per heavy atom. The minimum absolute atomic E-state index is 0.318. The van der Waals surface area contributed by atoms with Gasteiger partial charge in [-0.2, -0.15) is 5.10 Å². The number of para-hydroxylation sites is 4. The van der Waals surface area contributed by atoms with Crippen molar-refractivity contribution in [2.24, 2.45) is 0 Å². The van der Waals surface area contributed by atoms with Gasteiger partial charge in [-0.25, -0.2) is 19.2 Å². The molecule has 0 amide bonds. The van der Waals surface area contributed by atoms with E-state index < -0.39 is 0 Å². The van der Waals surface area contributed by atoms with Gasteiger partial charge in [0.2, 0.25) is 11.9 Å². The smallest absolute Gasteiger partial charge is 0.239 e. The summed E-state index contributed by atoms with van der Waals surface area (Å²) in [6.45, 7) is 8.70. The molecule has 1 N–H and O–H groups in total. The summed E-state index contributed by atoms with van der Waals surface area (Å²) in [4.78, 5) is 13.2. The number of nitrogens with zero attached hydrogens (tertiary/aromatic N) is 5. The molecule has 0 bridgehead atoms. The third-order valence-corrected chi connectivity index (χ3v) is 5.26. The molecule has 0 radical (unpaired) electrons. The van der Waals surface area contributed by atoms with Gasteiger partial charge in [0.25, 0.3) is 0 Å². The molecule has 3 heterocycles. The molecule has 2 aromatic carbocycles. The van der Waals surface area contributed by atoms with E-state index in [4.69, 9.17) is 15.1 Å². The molecule has 0 atom stereocenters. The molecule has 0 spiro atoms. The number of rotatable bonds is 4. The second-order valence-electron chi connectivity index (χ2n) is 8.03. The quantitative estimate of drug-likeness (QED) is 0.455. The van der Waals surface area contributed by atoms with Gasteiger partial charge in [0.1, 0.15) is 0 Å². The topological polar surface area (TPSA) is 64.3 Å². The number of aromatic nitrogens is 6. The van der Waals surface area contributed by atoms with Crippen LogP contribution in [-0.4, -0.2) is 29.3 Å². The Hall–Kier alpha value is -3.41. The molecule has 0 aliphatic carbocycles. The number of nitrogens with one attached hydrogen (secondary N) is 1. The van der Waals surface area contributed by atoms with E-state index in [1.54, 1.807) is 0 Å². The summed E-state index contributed by atoms with van der Waals surface area (Å²) < 4.78 is 4.05. The van der Waals surface area contributed by atoms with Gasteiger partial charge in [0.05, 0.1) is 33.5 Å². The Balaban J connectivity index is 1.83. The van der Waals surface area contributed by atoms with E-state index in [0.29, 0.717) is 11.8 Å². The predicted molar refractivity (Wildman–Crippen MR) is 116 cm³/mol. The van der Waals surface area contributed by atoms with Gasteiger partial charge < -0.3 is 4.98 Å². The van der Waals surface area contributed by atoms with Crippen molar-refractivity contribution in [1.29, 1.82) is 0 Å². The van der Waals surface area contributed by atoms with E-state index in [1.807, 2.05) is 47.1 Å². The summed E-state index contributed by atoms with van der Waals surface area (Å²) >= 11 is 0. The molecule has 6 nitrogen and oxygen atoms in total. The second kappa shape index (κ2) is 6.58. The van der Waals surface area contributed by atoms with Crippen LogP contribution in [0, 0.1) is 0 Å². The fraction of sp³-hybridized carbons (Fsp3) is 0.261. The number of aromatic amines is 1. The van der Waals surface area contributed by atoms with Crippen LogP contribution < -0.4 is 0 Å². The van der Waals surface area contributed by atoms with Gasteiger partial charge in [-0.1, -0.05) is 52.0 Å². The van der Waals surface area contributed by atoms with Crippen molar-refractivity contribution in [3.05, 3.63) is 66.0 Å². The fourth-order valence-corrected chi connectivity index (χ4v) is 3.68. The number of fused-ring (bicyclic) bond motifs is 2. The van der Waals surface area contributed by atoms with E-state index in [2.05, 4.69) is 49.4 Å². The average Bonchev–Trinajstić information content (AvgIpc) is 3.41. The van der Waals surface area contributed by atoms with Gasteiger partial charge in [-0.15, -0.1) is 0 Å². The number of H-pyrrole nitrogens is 1. The third kappa shape index (κ3) is 2.83. The van der Waals surface area contributed by atoms with Gasteiger partial charge in [-0.3, -0.25) is 0 Å². The highest BCUT2D eigenvalue weighted by Crippen LogP contribution is 2.28. The lowest BCUT2D eigenvalue weighted by molar-refractivity contribution is 0.679. The van der Waals surface area contributed by atoms with Crippen LogP contribution >= 0.6 is 0 Å². The zero-order valence-corrected chi connectivity index (χ0v) is 17.1. The summed E-state index contributed by atoms with van der Waals surface area (Å²) in [6.07, 6.45) is 0. The van der Waals surface area contributed by atoms with Crippen molar-refractivity contribution in [2.45, 2.75) is 39.5 Å². The van der Waals surface area contributed by atoms with Crippen molar-refractivity contribution in [1.82, 2.24) is 29.3 Å². The Bertz CT molecular complexity index is 1280. The molecular formula is C23H24N6. The molecule has 0 saturated carbocycles. The van der Waals surface area contributed by atoms with E-state index in [9.17, 15) is 0 Å². The van der Waals surface area contributed by atoms with Crippen LogP contribution in [0.1, 0.15) is 50.9 Å². The third-order valence-electron chi connectivity index (χ3n) is 5.26. The van der Waals surface area contributed by atoms with E-state index in [-0.39, 0.29) is 0 Å². The molecule has 0 unspecified atom stereocenters. The number of imidazole rings is 2. The Labute approximate surface area is 169 Å². The number of hydrogen-bond acceptors (Lipinski definition) is 3. The first-order chi connectivity index (χ1) is 14.0. The maximum absolute atomic E-state index is 4.95. The summed E-state index contributed by atoms with van der Waals surface area (Å²) in [5, 5.41) is 4.93. The largest absolute Gasteiger partial charge is 0.323 e. The van der Waals surface area contributed by atoms with Crippen molar-refractivity contribution in [3.63, 3.8) is 0 Å². The standard InChI is InChI=1S/C23H24N6/c1-14(2)19-13-21(15(3)4)29(27-19)23-26-18-11-7-8-12-20(18)28(23)22-24-16-9-5-6-10-17(16)25-22/h5-15H,1-4H3,(H,24,25). The number of benzene rings is 2. The molecule has 5 rings (SSSR count). The highest BCUT2D eigenvalue weighted by atomic mass is 15.4. The summed E-state index contributed by atoms with van der Waals surface area (Å²) in [7, 11) is 0. The Morgan fingerprint density at radius 1 is 0.828 bits per heavy atom. The van der Waals surface area contributed by atoms with Crippen LogP contribution in [0.5, 0.6) is 0 Å². The van der Waals surface area contributed by atoms with Crippen molar-refractivity contribution in [3.8, 4) is 11.9 Å². The lowest BCUT2D eigenvalue weighted by Crippen LogP contribution is -2.11. The average molecular weight is 384 g/mol. The molecular weight excluding hydrogens is 360 g/mol. The van der Waals surface area contributed by atoms with Crippen LogP contribution in [0.2, 0.25) is 0 Å². The first kappa shape index (κ1) is 17.7. The van der Waals surface area contributed by atoms with Crippen molar-refractivity contribution in [2.75, 3.05) is 0 Å². The van der Waals surface area contributed by atoms with Crippen LogP contribution in [0.25, 0.3) is 34.0 Å². The minimum Gasteiger partial charge on any atom is -0.323 e. The molecule has 0 fully saturated rings. The monoisotopic (exact) mass is 384 g/mol. The maximum Gasteiger partial charge on any atom is 0.239 e. The molecule has 3 aromatic heterocycles. The highest BCUT2D eigenvalue weighted by Gasteiger charge is 2.22. The maximum atomic E-state index is 4.95. The molecule has 0 aliphatic rings. The van der Waals surface area contributed by atoms with Gasteiger partial charge in [-0.05, 0) is 42.2 Å². The summed E-state index contributed by atoms with van der Waals surface area (Å²) in [5.74, 6) is 2.16. The Kier molecular flexibility index (Phi) is 4.01. The second-order valence-corrected chi connectivity index (χ2v) is 8.03. The molecule has 0 saturated heterocycles. The fourth-order valence-electron chi connectivity index (χ4n) is 3.68. The van der Waals surface area contributed by atoms with E-state index in [0.717, 1.165) is 45.4 Å². The summed E-state index contributed by atoms with van der Waals surface area (Å²) in [5.41, 5.74) is 6.05. The SMILES string of the molecule is CC(C)c1cc(C(C)C)n(-c2nc3ccccc3n2-c2nc3ccccc3[nH]2)n1. The Morgan fingerprint density at radius 2 is 1.55 bits per heavy atom. The minimum atomic E-state index is 0.318. The zero-order chi connectivity index (χ0) is 20.1. The predicted octanol–water partition coefficient (Wildman–Crippen LogP) is 5.33. The normalized spacial score (nSPS) is 12.1. The van der Waals surface area contributed by atoms with E-state index in [1.165, 1.54) is 0 Å². The van der Waals surface area contributed by atoms with Gasteiger partial charge in [0, 0.05) is 0 Å². The van der Waals surface area contributed by atoms with Crippen LogP contribution in [0.3, 0.4) is 0 Å². The molecule has 29 heavy (non-hydrogen) atoms.